The van der Waals surface area contributed by atoms with Gasteiger partial charge in [-0.25, -0.2) is 4.79 Å². The fourth-order valence-electron chi connectivity index (χ4n) is 2.23. The Morgan fingerprint density at radius 2 is 2.33 bits per heavy atom. The van der Waals surface area contributed by atoms with Crippen molar-refractivity contribution in [2.24, 2.45) is 0 Å². The normalized spacial score (nSPS) is 17.5. The molecule has 15 heavy (non-hydrogen) atoms. The van der Waals surface area contributed by atoms with Crippen LogP contribution in [0.15, 0.2) is 5.38 Å². The van der Waals surface area contributed by atoms with Gasteiger partial charge in [-0.1, -0.05) is 13.8 Å². The van der Waals surface area contributed by atoms with Crippen LogP contribution in [0.5, 0.6) is 0 Å². The summed E-state index contributed by atoms with van der Waals surface area (Å²) in [6.45, 7) is 6.70. The lowest BCUT2D eigenvalue weighted by Crippen LogP contribution is -2.16. The Labute approximate surface area is 94.3 Å². The predicted molar refractivity (Wildman–Crippen MR) is 61.6 cm³/mol. The van der Waals surface area contributed by atoms with Crippen LogP contribution >= 0.6 is 11.3 Å². The van der Waals surface area contributed by atoms with E-state index in [2.05, 4.69) is 13.8 Å². The van der Waals surface area contributed by atoms with Crippen LogP contribution in [0.4, 0.5) is 0 Å². The summed E-state index contributed by atoms with van der Waals surface area (Å²) in [4.78, 5) is 13.1. The van der Waals surface area contributed by atoms with E-state index in [9.17, 15) is 4.79 Å². The predicted octanol–water partition coefficient (Wildman–Crippen LogP) is 3.15. The first-order chi connectivity index (χ1) is 7.06. The van der Waals surface area contributed by atoms with Gasteiger partial charge in [0, 0.05) is 10.3 Å². The molecule has 0 atom stereocenters. The number of carbonyl (C=O) groups excluding carboxylic acids is 1. The lowest BCUT2D eigenvalue weighted by atomic mass is 9.85. The van der Waals surface area contributed by atoms with E-state index in [4.69, 9.17) is 4.74 Å². The molecule has 0 amide bonds. The quantitative estimate of drug-likeness (QED) is 0.721. The van der Waals surface area contributed by atoms with E-state index in [-0.39, 0.29) is 11.4 Å². The summed E-state index contributed by atoms with van der Waals surface area (Å²) in [6.07, 6.45) is 2.24. The first-order valence-electron chi connectivity index (χ1n) is 5.34. The van der Waals surface area contributed by atoms with E-state index in [0.29, 0.717) is 6.61 Å². The Balaban J connectivity index is 2.39. The van der Waals surface area contributed by atoms with Crippen LogP contribution < -0.4 is 0 Å². The minimum atomic E-state index is -0.162. The van der Waals surface area contributed by atoms with Gasteiger partial charge in [-0.15, -0.1) is 11.3 Å². The molecule has 0 aromatic carbocycles. The van der Waals surface area contributed by atoms with Crippen molar-refractivity contribution < 1.29 is 9.53 Å². The molecule has 82 valence electrons. The number of carbonyl (C=O) groups is 1. The van der Waals surface area contributed by atoms with Crippen molar-refractivity contribution >= 4 is 17.3 Å². The van der Waals surface area contributed by atoms with Gasteiger partial charge >= 0.3 is 5.97 Å². The molecule has 0 unspecified atom stereocenters. The summed E-state index contributed by atoms with van der Waals surface area (Å²) in [5.74, 6) is -0.162. The van der Waals surface area contributed by atoms with E-state index in [1.165, 1.54) is 10.4 Å². The van der Waals surface area contributed by atoms with Crippen molar-refractivity contribution in [1.29, 1.82) is 0 Å². The molecule has 2 nitrogen and oxygen atoms in total. The second-order valence-corrected chi connectivity index (χ2v) is 5.52. The van der Waals surface area contributed by atoms with Crippen LogP contribution in [-0.4, -0.2) is 12.6 Å². The maximum absolute atomic E-state index is 11.7. The van der Waals surface area contributed by atoms with Crippen LogP contribution in [0.1, 0.15) is 48.0 Å². The van der Waals surface area contributed by atoms with Crippen molar-refractivity contribution in [3.63, 3.8) is 0 Å². The third-order valence-electron chi connectivity index (χ3n) is 3.02. The number of thiophene rings is 1. The molecule has 1 aromatic rings. The van der Waals surface area contributed by atoms with Gasteiger partial charge in [-0.05, 0) is 30.7 Å². The lowest BCUT2D eigenvalue weighted by Gasteiger charge is -2.19. The molecular formula is C12H16O2S. The van der Waals surface area contributed by atoms with Crippen LogP contribution in [0.3, 0.4) is 0 Å². The van der Waals surface area contributed by atoms with E-state index in [1.807, 2.05) is 12.3 Å². The molecule has 0 saturated heterocycles. The molecule has 1 aromatic heterocycles. The van der Waals surface area contributed by atoms with Gasteiger partial charge in [-0.2, -0.15) is 0 Å². The molecule has 0 spiro atoms. The molecule has 0 radical (unpaired) electrons. The second-order valence-electron chi connectivity index (χ2n) is 4.55. The van der Waals surface area contributed by atoms with Gasteiger partial charge < -0.3 is 4.74 Å². The van der Waals surface area contributed by atoms with Crippen LogP contribution in [0.2, 0.25) is 0 Å². The number of hydrogen-bond donors (Lipinski definition) is 0. The number of esters is 1. The molecule has 0 aliphatic heterocycles. The summed E-state index contributed by atoms with van der Waals surface area (Å²) in [7, 11) is 0. The highest BCUT2D eigenvalue weighted by molar-refractivity contribution is 7.10. The van der Waals surface area contributed by atoms with Crippen LogP contribution in [0, 0.1) is 0 Å². The molecule has 0 fully saturated rings. The second kappa shape index (κ2) is 3.63. The fourth-order valence-corrected chi connectivity index (χ4v) is 3.43. The average molecular weight is 224 g/mol. The van der Waals surface area contributed by atoms with E-state index in [0.717, 1.165) is 18.4 Å². The summed E-state index contributed by atoms with van der Waals surface area (Å²) >= 11 is 1.69. The summed E-state index contributed by atoms with van der Waals surface area (Å²) in [5, 5.41) is 1.95. The van der Waals surface area contributed by atoms with Gasteiger partial charge in [0.25, 0.3) is 0 Å². The smallest absolute Gasteiger partial charge is 0.339 e. The maximum Gasteiger partial charge on any atom is 0.339 e. The standard InChI is InChI=1S/C12H16O2S/c1-4-14-11(13)8-7-15-9-5-6-12(2,3)10(8)9/h7H,4-6H2,1-3H3. The summed E-state index contributed by atoms with van der Waals surface area (Å²) < 4.78 is 5.07. The zero-order valence-electron chi connectivity index (χ0n) is 9.42. The third-order valence-corrected chi connectivity index (χ3v) is 4.06. The molecule has 1 aliphatic carbocycles. The van der Waals surface area contributed by atoms with Gasteiger partial charge in [0.15, 0.2) is 0 Å². The lowest BCUT2D eigenvalue weighted by molar-refractivity contribution is 0.0524. The first kappa shape index (κ1) is 10.7. The molecule has 2 rings (SSSR count). The fraction of sp³-hybridized carbons (Fsp3) is 0.583. The zero-order chi connectivity index (χ0) is 11.1. The average Bonchev–Trinajstić information content (AvgIpc) is 2.69. The van der Waals surface area contributed by atoms with Crippen molar-refractivity contribution in [3.8, 4) is 0 Å². The van der Waals surface area contributed by atoms with Gasteiger partial charge in [-0.3, -0.25) is 0 Å². The van der Waals surface area contributed by atoms with E-state index < -0.39 is 0 Å². The van der Waals surface area contributed by atoms with Crippen LogP contribution in [-0.2, 0) is 16.6 Å². The highest BCUT2D eigenvalue weighted by Gasteiger charge is 2.35. The number of aryl methyl sites for hydroxylation is 1. The van der Waals surface area contributed by atoms with E-state index in [1.54, 1.807) is 11.3 Å². The number of fused-ring (bicyclic) bond motifs is 1. The number of hydrogen-bond acceptors (Lipinski definition) is 3. The van der Waals surface area contributed by atoms with Crippen molar-refractivity contribution in [1.82, 2.24) is 0 Å². The first-order valence-corrected chi connectivity index (χ1v) is 6.22. The monoisotopic (exact) mass is 224 g/mol. The van der Waals surface area contributed by atoms with Gasteiger partial charge in [0.1, 0.15) is 0 Å². The molecule has 0 saturated carbocycles. The number of rotatable bonds is 2. The molecule has 0 bridgehead atoms. The third kappa shape index (κ3) is 1.69. The van der Waals surface area contributed by atoms with Crippen molar-refractivity contribution in [2.75, 3.05) is 6.61 Å². The van der Waals surface area contributed by atoms with Crippen LogP contribution in [0.25, 0.3) is 0 Å². The maximum atomic E-state index is 11.7. The Bertz CT molecular complexity index is 390. The minimum absolute atomic E-state index is 0.136. The highest BCUT2D eigenvalue weighted by Crippen LogP contribution is 2.43. The molecule has 1 heterocycles. The zero-order valence-corrected chi connectivity index (χ0v) is 10.2. The number of ether oxygens (including phenoxy) is 1. The molecule has 3 heteroatoms. The Morgan fingerprint density at radius 1 is 1.60 bits per heavy atom. The SMILES string of the molecule is CCOC(=O)c1csc2c1C(C)(C)CC2. The van der Waals surface area contributed by atoms with Gasteiger partial charge in [0.05, 0.1) is 12.2 Å². The molecule has 0 N–H and O–H groups in total. The Kier molecular flexibility index (Phi) is 2.59. The van der Waals surface area contributed by atoms with E-state index >= 15 is 0 Å². The molecular weight excluding hydrogens is 208 g/mol. The largest absolute Gasteiger partial charge is 0.462 e. The molecule has 1 aliphatic rings. The topological polar surface area (TPSA) is 26.3 Å². The Hall–Kier alpha value is -0.830. The summed E-state index contributed by atoms with van der Waals surface area (Å²) in [6, 6.07) is 0. The Morgan fingerprint density at radius 3 is 3.00 bits per heavy atom. The van der Waals surface area contributed by atoms with Crippen molar-refractivity contribution in [2.45, 2.75) is 39.0 Å². The van der Waals surface area contributed by atoms with Crippen molar-refractivity contribution in [3.05, 3.63) is 21.4 Å². The highest BCUT2D eigenvalue weighted by atomic mass is 32.1. The van der Waals surface area contributed by atoms with Gasteiger partial charge in [0.2, 0.25) is 0 Å². The minimum Gasteiger partial charge on any atom is -0.462 e. The summed E-state index contributed by atoms with van der Waals surface area (Å²) in [5.41, 5.74) is 2.16.